The highest BCUT2D eigenvalue weighted by Gasteiger charge is 2.13. The molecule has 1 N–H and O–H groups in total. The summed E-state index contributed by atoms with van der Waals surface area (Å²) in [5, 5.41) is 3.77. The maximum atomic E-state index is 12.3. The van der Waals surface area contributed by atoms with E-state index < -0.39 is 0 Å². The van der Waals surface area contributed by atoms with E-state index in [1.54, 1.807) is 13.3 Å². The van der Waals surface area contributed by atoms with Crippen molar-refractivity contribution < 1.29 is 14.3 Å². The van der Waals surface area contributed by atoms with E-state index in [4.69, 9.17) is 4.74 Å². The predicted octanol–water partition coefficient (Wildman–Crippen LogP) is 3.17. The Bertz CT molecular complexity index is 928. The van der Waals surface area contributed by atoms with Crippen molar-refractivity contribution in [1.82, 2.24) is 9.88 Å². The lowest BCUT2D eigenvalue weighted by Crippen LogP contribution is -2.26. The summed E-state index contributed by atoms with van der Waals surface area (Å²) in [4.78, 5) is 24.1. The van der Waals surface area contributed by atoms with Crippen molar-refractivity contribution >= 4 is 22.6 Å². The molecule has 1 heterocycles. The fourth-order valence-electron chi connectivity index (χ4n) is 2.85. The molecule has 0 aliphatic rings. The highest BCUT2D eigenvalue weighted by Crippen LogP contribution is 2.21. The van der Waals surface area contributed by atoms with Crippen molar-refractivity contribution in [2.75, 3.05) is 7.11 Å². The van der Waals surface area contributed by atoms with Gasteiger partial charge in [-0.05, 0) is 30.7 Å². The van der Waals surface area contributed by atoms with Crippen molar-refractivity contribution in [3.8, 4) is 5.75 Å². The van der Waals surface area contributed by atoms with Crippen LogP contribution in [0, 0.1) is 0 Å². The van der Waals surface area contributed by atoms with E-state index >= 15 is 0 Å². The summed E-state index contributed by atoms with van der Waals surface area (Å²) in [6.07, 6.45) is 1.75. The second-order valence-electron chi connectivity index (χ2n) is 5.87. The Morgan fingerprint density at radius 1 is 1.12 bits per heavy atom. The zero-order valence-corrected chi connectivity index (χ0v) is 14.3. The molecule has 0 aliphatic carbocycles. The van der Waals surface area contributed by atoms with Gasteiger partial charge in [0, 0.05) is 29.2 Å². The average molecular weight is 336 g/mol. The molecule has 5 heteroatoms. The first-order valence-corrected chi connectivity index (χ1v) is 8.07. The minimum atomic E-state index is -0.112. The zero-order valence-electron chi connectivity index (χ0n) is 14.3. The van der Waals surface area contributed by atoms with Crippen molar-refractivity contribution in [1.29, 1.82) is 0 Å². The summed E-state index contributed by atoms with van der Waals surface area (Å²) >= 11 is 0. The third-order valence-corrected chi connectivity index (χ3v) is 4.11. The molecular formula is C20H20N2O3. The monoisotopic (exact) mass is 336 g/mol. The lowest BCUT2D eigenvalue weighted by molar-refractivity contribution is -0.121. The molecule has 2 aromatic carbocycles. The molecule has 0 radical (unpaired) electrons. The lowest BCUT2D eigenvalue weighted by Gasteiger charge is -2.08. The molecule has 5 nitrogen and oxygen atoms in total. The van der Waals surface area contributed by atoms with Crippen LogP contribution in [-0.2, 0) is 17.9 Å². The SMILES string of the molecule is COc1cccc(CNC(=O)Cn2cc(C(C)=O)c3ccccc32)c1. The van der Waals surface area contributed by atoms with Gasteiger partial charge in [-0.15, -0.1) is 0 Å². The molecule has 0 spiro atoms. The Balaban J connectivity index is 1.73. The molecule has 3 aromatic rings. The minimum Gasteiger partial charge on any atom is -0.497 e. The number of carbonyl (C=O) groups excluding carboxylic acids is 2. The van der Waals surface area contributed by atoms with Gasteiger partial charge < -0.3 is 14.6 Å². The van der Waals surface area contributed by atoms with Gasteiger partial charge in [0.05, 0.1) is 7.11 Å². The summed E-state index contributed by atoms with van der Waals surface area (Å²) in [5.74, 6) is 0.639. The Morgan fingerprint density at radius 2 is 1.92 bits per heavy atom. The van der Waals surface area contributed by atoms with Gasteiger partial charge in [-0.1, -0.05) is 30.3 Å². The van der Waals surface area contributed by atoms with Crippen molar-refractivity contribution in [2.45, 2.75) is 20.0 Å². The molecular weight excluding hydrogens is 316 g/mol. The zero-order chi connectivity index (χ0) is 17.8. The molecule has 0 unspecified atom stereocenters. The van der Waals surface area contributed by atoms with Gasteiger partial charge in [0.2, 0.25) is 5.91 Å². The fourth-order valence-corrected chi connectivity index (χ4v) is 2.85. The number of carbonyl (C=O) groups is 2. The van der Waals surface area contributed by atoms with Gasteiger partial charge in [-0.3, -0.25) is 9.59 Å². The summed E-state index contributed by atoms with van der Waals surface area (Å²) in [7, 11) is 1.61. The number of ether oxygens (including phenoxy) is 1. The van der Waals surface area contributed by atoms with E-state index in [1.807, 2.05) is 53.1 Å². The molecule has 3 rings (SSSR count). The standard InChI is InChI=1S/C20H20N2O3/c1-14(23)18-12-22(19-9-4-3-8-17(18)19)13-20(24)21-11-15-6-5-7-16(10-15)25-2/h3-10,12H,11,13H2,1-2H3,(H,21,24). The van der Waals surface area contributed by atoms with Crippen LogP contribution in [-0.4, -0.2) is 23.4 Å². The number of nitrogens with one attached hydrogen (secondary N) is 1. The van der Waals surface area contributed by atoms with E-state index in [2.05, 4.69) is 5.32 Å². The van der Waals surface area contributed by atoms with Crippen molar-refractivity contribution in [2.24, 2.45) is 0 Å². The number of ketones is 1. The van der Waals surface area contributed by atoms with Crippen LogP contribution in [0.3, 0.4) is 0 Å². The first kappa shape index (κ1) is 16.8. The largest absolute Gasteiger partial charge is 0.497 e. The number of hydrogen-bond donors (Lipinski definition) is 1. The third kappa shape index (κ3) is 3.71. The fraction of sp³-hybridized carbons (Fsp3) is 0.200. The van der Waals surface area contributed by atoms with E-state index in [0.29, 0.717) is 12.1 Å². The number of benzene rings is 2. The topological polar surface area (TPSA) is 60.3 Å². The molecule has 0 saturated carbocycles. The van der Waals surface area contributed by atoms with Crippen LogP contribution < -0.4 is 10.1 Å². The Morgan fingerprint density at radius 3 is 2.68 bits per heavy atom. The molecule has 0 aliphatic heterocycles. The van der Waals surface area contributed by atoms with Crippen LogP contribution in [0.25, 0.3) is 10.9 Å². The van der Waals surface area contributed by atoms with Crippen molar-refractivity contribution in [3.63, 3.8) is 0 Å². The first-order valence-electron chi connectivity index (χ1n) is 8.07. The normalized spacial score (nSPS) is 10.6. The lowest BCUT2D eigenvalue weighted by atomic mass is 10.1. The first-order chi connectivity index (χ1) is 12.1. The van der Waals surface area contributed by atoms with Gasteiger partial charge in [-0.2, -0.15) is 0 Å². The number of aromatic nitrogens is 1. The minimum absolute atomic E-state index is 0.00765. The number of amides is 1. The number of para-hydroxylation sites is 1. The second kappa shape index (κ2) is 7.21. The number of nitrogens with zero attached hydrogens (tertiary/aromatic N) is 1. The predicted molar refractivity (Wildman–Crippen MR) is 96.8 cm³/mol. The van der Waals surface area contributed by atoms with Gasteiger partial charge >= 0.3 is 0 Å². The second-order valence-corrected chi connectivity index (χ2v) is 5.87. The maximum Gasteiger partial charge on any atom is 0.240 e. The molecule has 25 heavy (non-hydrogen) atoms. The Labute approximate surface area is 146 Å². The number of fused-ring (bicyclic) bond motifs is 1. The van der Waals surface area contributed by atoms with Gasteiger partial charge in [0.25, 0.3) is 0 Å². The van der Waals surface area contributed by atoms with Crippen LogP contribution in [0.2, 0.25) is 0 Å². The van der Waals surface area contributed by atoms with Crippen molar-refractivity contribution in [3.05, 3.63) is 65.9 Å². The third-order valence-electron chi connectivity index (χ3n) is 4.11. The Hall–Kier alpha value is -3.08. The summed E-state index contributed by atoms with van der Waals surface area (Å²) in [6.45, 7) is 2.13. The molecule has 0 atom stereocenters. The van der Waals surface area contributed by atoms with Gasteiger partial charge in [0.1, 0.15) is 12.3 Å². The highest BCUT2D eigenvalue weighted by atomic mass is 16.5. The van der Waals surface area contributed by atoms with Gasteiger partial charge in [0.15, 0.2) is 5.78 Å². The van der Waals surface area contributed by atoms with E-state index in [9.17, 15) is 9.59 Å². The maximum absolute atomic E-state index is 12.3. The smallest absolute Gasteiger partial charge is 0.240 e. The molecule has 1 aromatic heterocycles. The molecule has 0 saturated heterocycles. The summed E-state index contributed by atoms with van der Waals surface area (Å²) < 4.78 is 6.99. The molecule has 128 valence electrons. The molecule has 1 amide bonds. The van der Waals surface area contributed by atoms with E-state index in [0.717, 1.165) is 22.2 Å². The number of rotatable bonds is 6. The van der Waals surface area contributed by atoms with Gasteiger partial charge in [-0.25, -0.2) is 0 Å². The van der Waals surface area contributed by atoms with Crippen LogP contribution in [0.1, 0.15) is 22.8 Å². The van der Waals surface area contributed by atoms with Crippen LogP contribution in [0.4, 0.5) is 0 Å². The summed E-state index contributed by atoms with van der Waals surface area (Å²) in [6, 6.07) is 15.2. The van der Waals surface area contributed by atoms with Crippen LogP contribution in [0.15, 0.2) is 54.7 Å². The van der Waals surface area contributed by atoms with Crippen LogP contribution >= 0.6 is 0 Å². The molecule has 0 fully saturated rings. The van der Waals surface area contributed by atoms with E-state index in [1.165, 1.54) is 6.92 Å². The van der Waals surface area contributed by atoms with E-state index in [-0.39, 0.29) is 18.2 Å². The van der Waals surface area contributed by atoms with Crippen LogP contribution in [0.5, 0.6) is 5.75 Å². The molecule has 0 bridgehead atoms. The number of Topliss-reactive ketones (excluding diaryl/α,β-unsaturated/α-hetero) is 1. The Kier molecular flexibility index (Phi) is 4.84. The number of methoxy groups -OCH3 is 1. The quantitative estimate of drug-likeness (QED) is 0.703. The summed E-state index contributed by atoms with van der Waals surface area (Å²) in [5.41, 5.74) is 2.48. The number of hydrogen-bond acceptors (Lipinski definition) is 3. The average Bonchev–Trinajstić information content (AvgIpc) is 2.99. The highest BCUT2D eigenvalue weighted by molar-refractivity contribution is 6.07.